The Morgan fingerprint density at radius 3 is 2.80 bits per heavy atom. The molecule has 0 unspecified atom stereocenters. The summed E-state index contributed by atoms with van der Waals surface area (Å²) < 4.78 is 10.3. The van der Waals surface area contributed by atoms with Crippen LogP contribution in [0.1, 0.15) is 16.2 Å². The minimum absolute atomic E-state index is 0.0921. The molecule has 0 saturated carbocycles. The van der Waals surface area contributed by atoms with Gasteiger partial charge >= 0.3 is 5.91 Å². The van der Waals surface area contributed by atoms with Crippen LogP contribution in [0.5, 0.6) is 11.5 Å². The quantitative estimate of drug-likeness (QED) is 0.614. The predicted octanol–water partition coefficient (Wildman–Crippen LogP) is 0.586. The van der Waals surface area contributed by atoms with Crippen LogP contribution in [0.3, 0.4) is 0 Å². The van der Waals surface area contributed by atoms with Crippen LogP contribution >= 0.6 is 0 Å². The van der Waals surface area contributed by atoms with Gasteiger partial charge in [0, 0.05) is 0 Å². The van der Waals surface area contributed by atoms with E-state index in [1.165, 1.54) is 12.5 Å². The first-order chi connectivity index (χ1) is 9.74. The molecular formula is C12H13N5O3. The van der Waals surface area contributed by atoms with Gasteiger partial charge in [-0.15, -0.1) is 0 Å². The maximum Gasteiger partial charge on any atom is 0.308 e. The first-order valence-electron chi connectivity index (χ1n) is 5.65. The molecule has 20 heavy (non-hydrogen) atoms. The number of nitrogens with zero attached hydrogens (tertiary/aromatic N) is 3. The predicted molar refractivity (Wildman–Crippen MR) is 71.0 cm³/mol. The van der Waals surface area contributed by atoms with Crippen molar-refractivity contribution >= 4 is 12.1 Å². The van der Waals surface area contributed by atoms with Gasteiger partial charge in [0.1, 0.15) is 6.33 Å². The van der Waals surface area contributed by atoms with Crippen molar-refractivity contribution < 1.29 is 14.3 Å². The van der Waals surface area contributed by atoms with Gasteiger partial charge in [-0.05, 0) is 23.8 Å². The van der Waals surface area contributed by atoms with Crippen LogP contribution in [0, 0.1) is 0 Å². The van der Waals surface area contributed by atoms with Crippen molar-refractivity contribution in [3.05, 3.63) is 35.9 Å². The SMILES string of the molecule is COc1ccc(/C=N/NC(=O)c2ncn[nH]2)cc1OC. The highest BCUT2D eigenvalue weighted by molar-refractivity contribution is 5.91. The zero-order valence-electron chi connectivity index (χ0n) is 11.0. The number of nitrogens with one attached hydrogen (secondary N) is 2. The van der Waals surface area contributed by atoms with Crippen LogP contribution in [0.25, 0.3) is 0 Å². The molecule has 1 heterocycles. The molecule has 0 bridgehead atoms. The number of hydrogen-bond acceptors (Lipinski definition) is 6. The molecule has 0 saturated heterocycles. The number of H-pyrrole nitrogens is 1. The fraction of sp³-hybridized carbons (Fsp3) is 0.167. The molecule has 2 rings (SSSR count). The van der Waals surface area contributed by atoms with Crippen molar-refractivity contribution in [3.8, 4) is 11.5 Å². The van der Waals surface area contributed by atoms with Crippen molar-refractivity contribution in [1.29, 1.82) is 0 Å². The van der Waals surface area contributed by atoms with Gasteiger partial charge in [0.25, 0.3) is 0 Å². The highest BCUT2D eigenvalue weighted by Gasteiger charge is 2.06. The Labute approximate surface area is 114 Å². The van der Waals surface area contributed by atoms with Gasteiger partial charge in [0.05, 0.1) is 20.4 Å². The minimum atomic E-state index is -0.473. The summed E-state index contributed by atoms with van der Waals surface area (Å²) in [6.45, 7) is 0. The van der Waals surface area contributed by atoms with Crippen LogP contribution in [0.15, 0.2) is 29.6 Å². The molecular weight excluding hydrogens is 262 g/mol. The van der Waals surface area contributed by atoms with Crippen LogP contribution < -0.4 is 14.9 Å². The average molecular weight is 275 g/mol. The van der Waals surface area contributed by atoms with Crippen LogP contribution in [0.2, 0.25) is 0 Å². The first kappa shape index (κ1) is 13.5. The van der Waals surface area contributed by atoms with E-state index in [9.17, 15) is 4.79 Å². The molecule has 0 radical (unpaired) electrons. The molecule has 1 aromatic carbocycles. The molecule has 104 valence electrons. The average Bonchev–Trinajstić information content (AvgIpc) is 3.01. The Hall–Kier alpha value is -2.90. The number of ether oxygens (including phenoxy) is 2. The lowest BCUT2D eigenvalue weighted by molar-refractivity contribution is 0.0945. The van der Waals surface area contributed by atoms with Gasteiger partial charge in [-0.25, -0.2) is 10.4 Å². The zero-order valence-corrected chi connectivity index (χ0v) is 11.0. The number of hydrazone groups is 1. The van der Waals surface area contributed by atoms with Crippen LogP contribution in [-0.2, 0) is 0 Å². The number of benzene rings is 1. The van der Waals surface area contributed by atoms with Gasteiger partial charge in [0.15, 0.2) is 11.5 Å². The van der Waals surface area contributed by atoms with E-state index in [0.717, 1.165) is 5.56 Å². The van der Waals surface area contributed by atoms with E-state index in [1.54, 1.807) is 32.4 Å². The molecule has 8 heteroatoms. The second-order valence-corrected chi connectivity index (χ2v) is 3.65. The molecule has 0 atom stereocenters. The summed E-state index contributed by atoms with van der Waals surface area (Å²) in [6, 6.07) is 5.27. The number of amides is 1. The van der Waals surface area contributed by atoms with Gasteiger partial charge in [-0.1, -0.05) is 0 Å². The summed E-state index contributed by atoms with van der Waals surface area (Å²) in [5.41, 5.74) is 3.07. The number of carbonyl (C=O) groups is 1. The summed E-state index contributed by atoms with van der Waals surface area (Å²) in [5.74, 6) is 0.821. The fourth-order valence-electron chi connectivity index (χ4n) is 1.47. The number of aromatic nitrogens is 3. The van der Waals surface area contributed by atoms with E-state index in [2.05, 4.69) is 25.7 Å². The van der Waals surface area contributed by atoms with E-state index in [0.29, 0.717) is 11.5 Å². The smallest absolute Gasteiger partial charge is 0.308 e. The molecule has 2 aromatic rings. The van der Waals surface area contributed by atoms with Crippen molar-refractivity contribution in [2.45, 2.75) is 0 Å². The van der Waals surface area contributed by atoms with E-state index >= 15 is 0 Å². The minimum Gasteiger partial charge on any atom is -0.493 e. The second kappa shape index (κ2) is 6.32. The Morgan fingerprint density at radius 2 is 2.15 bits per heavy atom. The summed E-state index contributed by atoms with van der Waals surface area (Å²) in [7, 11) is 3.10. The molecule has 0 aliphatic rings. The third-order valence-corrected chi connectivity index (χ3v) is 2.42. The summed E-state index contributed by atoms with van der Waals surface area (Å²) in [5, 5.41) is 9.83. The van der Waals surface area contributed by atoms with Crippen LogP contribution in [0.4, 0.5) is 0 Å². The number of hydrogen-bond donors (Lipinski definition) is 2. The van der Waals surface area contributed by atoms with Crippen molar-refractivity contribution in [2.75, 3.05) is 14.2 Å². The number of carbonyl (C=O) groups excluding carboxylic acids is 1. The van der Waals surface area contributed by atoms with Crippen molar-refractivity contribution in [2.24, 2.45) is 5.10 Å². The van der Waals surface area contributed by atoms with Crippen LogP contribution in [-0.4, -0.2) is 41.5 Å². The maximum absolute atomic E-state index is 11.5. The normalized spacial score (nSPS) is 10.5. The largest absolute Gasteiger partial charge is 0.493 e. The fourth-order valence-corrected chi connectivity index (χ4v) is 1.47. The maximum atomic E-state index is 11.5. The number of aromatic amines is 1. The van der Waals surface area contributed by atoms with Crippen molar-refractivity contribution in [3.63, 3.8) is 0 Å². The van der Waals surface area contributed by atoms with Crippen molar-refractivity contribution in [1.82, 2.24) is 20.6 Å². The molecule has 1 aromatic heterocycles. The summed E-state index contributed by atoms with van der Waals surface area (Å²) in [4.78, 5) is 15.2. The van der Waals surface area contributed by atoms with Gasteiger partial charge in [0.2, 0.25) is 5.82 Å². The molecule has 0 aliphatic heterocycles. The summed E-state index contributed by atoms with van der Waals surface area (Å²) in [6.07, 6.45) is 2.73. The lowest BCUT2D eigenvalue weighted by atomic mass is 10.2. The molecule has 0 spiro atoms. The third-order valence-electron chi connectivity index (χ3n) is 2.42. The summed E-state index contributed by atoms with van der Waals surface area (Å²) >= 11 is 0. The third kappa shape index (κ3) is 3.10. The zero-order chi connectivity index (χ0) is 14.4. The van der Waals surface area contributed by atoms with Gasteiger partial charge in [-0.2, -0.15) is 10.2 Å². The Bertz CT molecular complexity index is 610. The van der Waals surface area contributed by atoms with E-state index in [1.807, 2.05) is 0 Å². The lowest BCUT2D eigenvalue weighted by Crippen LogP contribution is -2.19. The Morgan fingerprint density at radius 1 is 1.35 bits per heavy atom. The van der Waals surface area contributed by atoms with E-state index in [-0.39, 0.29) is 5.82 Å². The van der Waals surface area contributed by atoms with Gasteiger partial charge < -0.3 is 9.47 Å². The highest BCUT2D eigenvalue weighted by atomic mass is 16.5. The lowest BCUT2D eigenvalue weighted by Gasteiger charge is -2.07. The molecule has 1 amide bonds. The van der Waals surface area contributed by atoms with E-state index in [4.69, 9.17) is 9.47 Å². The standard InChI is InChI=1S/C12H13N5O3/c1-19-9-4-3-8(5-10(9)20-2)6-14-17-12(18)11-13-7-15-16-11/h3-7H,1-2H3,(H,17,18)(H,13,15,16)/b14-6+. The molecule has 8 nitrogen and oxygen atoms in total. The highest BCUT2D eigenvalue weighted by Crippen LogP contribution is 2.26. The molecule has 0 aliphatic carbocycles. The Balaban J connectivity index is 2.03. The number of rotatable bonds is 5. The molecule has 2 N–H and O–H groups in total. The Kier molecular flexibility index (Phi) is 4.28. The monoisotopic (exact) mass is 275 g/mol. The topological polar surface area (TPSA) is 101 Å². The van der Waals surface area contributed by atoms with Gasteiger partial charge in [-0.3, -0.25) is 9.89 Å². The molecule has 0 fully saturated rings. The van der Waals surface area contributed by atoms with E-state index < -0.39 is 5.91 Å². The first-order valence-corrected chi connectivity index (χ1v) is 5.65. The second-order valence-electron chi connectivity index (χ2n) is 3.65. The number of methoxy groups -OCH3 is 2.